The summed E-state index contributed by atoms with van der Waals surface area (Å²) in [5.41, 5.74) is 2.23. The van der Waals surface area contributed by atoms with Crippen molar-refractivity contribution in [1.29, 1.82) is 0 Å². The molecular formula is C16H17ClN4OS. The highest BCUT2D eigenvalue weighted by molar-refractivity contribution is 7.16. The number of para-hydroxylation sites is 2. The van der Waals surface area contributed by atoms with Crippen molar-refractivity contribution in [2.75, 3.05) is 0 Å². The van der Waals surface area contributed by atoms with E-state index in [1.54, 1.807) is 0 Å². The fourth-order valence-electron chi connectivity index (χ4n) is 2.37. The Labute approximate surface area is 143 Å². The van der Waals surface area contributed by atoms with E-state index in [2.05, 4.69) is 20.3 Å². The number of carbonyl (C=O) groups excluding carboxylic acids is 1. The number of amides is 1. The molecule has 0 aliphatic heterocycles. The second-order valence-corrected chi connectivity index (χ2v) is 7.28. The first-order chi connectivity index (χ1) is 11.0. The van der Waals surface area contributed by atoms with E-state index >= 15 is 0 Å². The lowest BCUT2D eigenvalue weighted by molar-refractivity contribution is 0.0933. The molecule has 0 unspecified atom stereocenters. The van der Waals surface area contributed by atoms with Crippen LogP contribution in [0.15, 0.2) is 24.3 Å². The lowest BCUT2D eigenvalue weighted by Crippen LogP contribution is -2.28. The Morgan fingerprint density at radius 3 is 2.70 bits per heavy atom. The molecule has 1 amide bonds. The number of imidazole rings is 1. The largest absolute Gasteiger partial charge is 0.341 e. The fraction of sp³-hybridized carbons (Fsp3) is 0.312. The molecule has 0 aliphatic carbocycles. The van der Waals surface area contributed by atoms with Gasteiger partial charge in [0.05, 0.1) is 17.1 Å². The minimum Gasteiger partial charge on any atom is -0.341 e. The van der Waals surface area contributed by atoms with Crippen molar-refractivity contribution < 1.29 is 4.79 Å². The van der Waals surface area contributed by atoms with Crippen LogP contribution in [-0.4, -0.2) is 20.9 Å². The molecule has 1 aromatic carbocycles. The minimum atomic E-state index is -0.254. The van der Waals surface area contributed by atoms with Crippen LogP contribution in [0.3, 0.4) is 0 Å². The normalized spacial score (nSPS) is 12.7. The molecule has 120 valence electrons. The third-order valence-electron chi connectivity index (χ3n) is 3.53. The van der Waals surface area contributed by atoms with Crippen molar-refractivity contribution in [1.82, 2.24) is 20.3 Å². The third-order valence-corrected chi connectivity index (χ3v) is 4.99. The molecule has 3 aromatic rings. The number of aromatic nitrogens is 3. The molecule has 0 spiro atoms. The maximum absolute atomic E-state index is 12.5. The average molecular weight is 349 g/mol. The summed E-state index contributed by atoms with van der Waals surface area (Å²) in [7, 11) is 0. The van der Waals surface area contributed by atoms with Crippen molar-refractivity contribution in [3.05, 3.63) is 45.1 Å². The van der Waals surface area contributed by atoms with Gasteiger partial charge in [0.25, 0.3) is 5.91 Å². The lowest BCUT2D eigenvalue weighted by Gasteiger charge is -2.11. The molecule has 0 saturated heterocycles. The Kier molecular flexibility index (Phi) is 4.37. The summed E-state index contributed by atoms with van der Waals surface area (Å²) < 4.78 is 0.384. The van der Waals surface area contributed by atoms with Gasteiger partial charge in [0.1, 0.15) is 11.5 Å². The van der Waals surface area contributed by atoms with E-state index in [9.17, 15) is 4.79 Å². The van der Waals surface area contributed by atoms with Gasteiger partial charge in [-0.15, -0.1) is 11.3 Å². The maximum Gasteiger partial charge on any atom is 0.271 e. The zero-order valence-electron chi connectivity index (χ0n) is 13.1. The van der Waals surface area contributed by atoms with Gasteiger partial charge in [-0.25, -0.2) is 9.97 Å². The first kappa shape index (κ1) is 16.0. The summed E-state index contributed by atoms with van der Waals surface area (Å²) in [4.78, 5) is 25.3. The van der Waals surface area contributed by atoms with Gasteiger partial charge in [-0.2, -0.15) is 0 Å². The zero-order chi connectivity index (χ0) is 16.6. The van der Waals surface area contributed by atoms with Crippen molar-refractivity contribution in [3.8, 4) is 0 Å². The lowest BCUT2D eigenvalue weighted by atomic mass is 10.1. The number of benzene rings is 1. The Balaban J connectivity index is 1.82. The minimum absolute atomic E-state index is 0.197. The van der Waals surface area contributed by atoms with Crippen LogP contribution in [0.4, 0.5) is 0 Å². The highest BCUT2D eigenvalue weighted by Gasteiger charge is 2.22. The highest BCUT2D eigenvalue weighted by atomic mass is 35.5. The fourth-order valence-corrected chi connectivity index (χ4v) is 3.49. The van der Waals surface area contributed by atoms with Crippen LogP contribution in [0.25, 0.3) is 11.0 Å². The number of H-pyrrole nitrogens is 1. The number of hydrogen-bond donors (Lipinski definition) is 2. The van der Waals surface area contributed by atoms with Gasteiger partial charge in [0.2, 0.25) is 0 Å². The molecule has 7 heteroatoms. The smallest absolute Gasteiger partial charge is 0.271 e. The summed E-state index contributed by atoms with van der Waals surface area (Å²) in [6, 6.07) is 7.51. The number of aromatic amines is 1. The summed E-state index contributed by atoms with van der Waals surface area (Å²) in [6.07, 6.45) is 0. The molecule has 2 heterocycles. The number of hydrogen-bond acceptors (Lipinski definition) is 4. The van der Waals surface area contributed by atoms with Crippen molar-refractivity contribution in [2.45, 2.75) is 32.7 Å². The number of rotatable bonds is 4. The van der Waals surface area contributed by atoms with E-state index in [1.807, 2.05) is 45.0 Å². The van der Waals surface area contributed by atoms with Crippen LogP contribution < -0.4 is 5.32 Å². The molecule has 2 N–H and O–H groups in total. The first-order valence-electron chi connectivity index (χ1n) is 7.37. The van der Waals surface area contributed by atoms with Crippen LogP contribution >= 0.6 is 22.9 Å². The number of carbonyl (C=O) groups is 1. The Morgan fingerprint density at radius 2 is 2.00 bits per heavy atom. The molecule has 1 atom stereocenters. The van der Waals surface area contributed by atoms with Crippen molar-refractivity contribution in [3.63, 3.8) is 0 Å². The number of halogens is 1. The van der Waals surface area contributed by atoms with E-state index in [0.717, 1.165) is 15.9 Å². The van der Waals surface area contributed by atoms with Crippen LogP contribution in [0, 0.1) is 0 Å². The molecular weight excluding hydrogens is 332 g/mol. The van der Waals surface area contributed by atoms with Crippen molar-refractivity contribution in [2.24, 2.45) is 0 Å². The number of thiazole rings is 1. The number of nitrogens with zero attached hydrogens (tertiary/aromatic N) is 2. The monoisotopic (exact) mass is 348 g/mol. The predicted octanol–water partition coefficient (Wildman–Crippen LogP) is 4.29. The first-order valence-corrected chi connectivity index (χ1v) is 8.57. The highest BCUT2D eigenvalue weighted by Crippen LogP contribution is 2.29. The molecule has 3 rings (SSSR count). The SMILES string of the molecule is CC(C)c1sc(Cl)nc1C(=O)N[C@@H](C)c1nc2ccccc2[nH]1. The average Bonchev–Trinajstić information content (AvgIpc) is 3.10. The Bertz CT molecular complexity index is 822. The van der Waals surface area contributed by atoms with Crippen LogP contribution in [0.5, 0.6) is 0 Å². The van der Waals surface area contributed by atoms with Gasteiger partial charge in [0.15, 0.2) is 4.47 Å². The molecule has 0 saturated carbocycles. The quantitative estimate of drug-likeness (QED) is 0.739. The molecule has 0 bridgehead atoms. The van der Waals surface area contributed by atoms with Crippen LogP contribution in [0.1, 0.15) is 53.9 Å². The van der Waals surface area contributed by atoms with E-state index in [-0.39, 0.29) is 17.9 Å². The summed E-state index contributed by atoms with van der Waals surface area (Å²) in [5, 5.41) is 2.93. The predicted molar refractivity (Wildman–Crippen MR) is 93.2 cm³/mol. The molecule has 0 radical (unpaired) electrons. The molecule has 0 aliphatic rings. The van der Waals surface area contributed by atoms with E-state index in [1.165, 1.54) is 11.3 Å². The third kappa shape index (κ3) is 3.23. The molecule has 2 aromatic heterocycles. The Hall–Kier alpha value is -1.92. The maximum atomic E-state index is 12.5. The zero-order valence-corrected chi connectivity index (χ0v) is 14.6. The van der Waals surface area contributed by atoms with Crippen LogP contribution in [-0.2, 0) is 0 Å². The summed E-state index contributed by atoms with van der Waals surface area (Å²) in [5.74, 6) is 0.680. The second kappa shape index (κ2) is 6.29. The molecule has 0 fully saturated rings. The van der Waals surface area contributed by atoms with Crippen LogP contribution in [0.2, 0.25) is 4.47 Å². The van der Waals surface area contributed by atoms with Gasteiger partial charge >= 0.3 is 0 Å². The van der Waals surface area contributed by atoms with Crippen molar-refractivity contribution >= 4 is 39.9 Å². The van der Waals surface area contributed by atoms with Gasteiger partial charge < -0.3 is 10.3 Å². The standard InChI is InChI=1S/C16H17ClN4OS/c1-8(2)13-12(21-16(17)23-13)15(22)18-9(3)14-19-10-6-4-5-7-11(10)20-14/h4-9H,1-3H3,(H,18,22)(H,19,20)/t9-/m0/s1. The topological polar surface area (TPSA) is 70.7 Å². The molecule has 5 nitrogen and oxygen atoms in total. The van der Waals surface area contributed by atoms with E-state index in [0.29, 0.717) is 16.0 Å². The van der Waals surface area contributed by atoms with Gasteiger partial charge in [-0.1, -0.05) is 37.6 Å². The van der Waals surface area contributed by atoms with E-state index in [4.69, 9.17) is 11.6 Å². The number of nitrogens with one attached hydrogen (secondary N) is 2. The van der Waals surface area contributed by atoms with Gasteiger partial charge in [-0.05, 0) is 25.0 Å². The number of fused-ring (bicyclic) bond motifs is 1. The summed E-state index contributed by atoms with van der Waals surface area (Å²) >= 11 is 7.32. The van der Waals surface area contributed by atoms with Gasteiger partial charge in [0, 0.05) is 4.88 Å². The summed E-state index contributed by atoms with van der Waals surface area (Å²) in [6.45, 7) is 5.92. The van der Waals surface area contributed by atoms with E-state index < -0.39 is 0 Å². The Morgan fingerprint density at radius 1 is 1.26 bits per heavy atom. The second-order valence-electron chi connectivity index (χ2n) is 5.67. The van der Waals surface area contributed by atoms with Gasteiger partial charge in [-0.3, -0.25) is 4.79 Å². The molecule has 23 heavy (non-hydrogen) atoms.